The molecule has 1 rings (SSSR count). The highest BCUT2D eigenvalue weighted by Gasteiger charge is 2.19. The standard InChI is InChI=1S/C10H14BrNO2S/c1-5-8-6(2)9(15(4,13)14)10(11)12-7(8)3/h5H2,1-4H3. The number of rotatable bonds is 2. The van der Waals surface area contributed by atoms with Crippen LogP contribution in [0.4, 0.5) is 0 Å². The van der Waals surface area contributed by atoms with Crippen LogP contribution in [0.2, 0.25) is 0 Å². The Morgan fingerprint density at radius 3 is 2.27 bits per heavy atom. The number of sulfone groups is 1. The lowest BCUT2D eigenvalue weighted by atomic mass is 10.1. The number of hydrogen-bond donors (Lipinski definition) is 0. The van der Waals surface area contributed by atoms with Crippen LogP contribution in [0.3, 0.4) is 0 Å². The summed E-state index contributed by atoms with van der Waals surface area (Å²) in [6.45, 7) is 5.72. The van der Waals surface area contributed by atoms with Crippen LogP contribution in [-0.4, -0.2) is 19.7 Å². The molecule has 1 aromatic heterocycles. The van der Waals surface area contributed by atoms with Crippen LogP contribution in [0, 0.1) is 13.8 Å². The predicted molar refractivity (Wildman–Crippen MR) is 63.9 cm³/mol. The second kappa shape index (κ2) is 4.22. The van der Waals surface area contributed by atoms with E-state index in [0.29, 0.717) is 9.50 Å². The van der Waals surface area contributed by atoms with Gasteiger partial charge in [-0.25, -0.2) is 13.4 Å². The summed E-state index contributed by atoms with van der Waals surface area (Å²) in [5, 5.41) is 0. The van der Waals surface area contributed by atoms with E-state index < -0.39 is 9.84 Å². The van der Waals surface area contributed by atoms with E-state index >= 15 is 0 Å². The molecule has 0 unspecified atom stereocenters. The molecule has 5 heteroatoms. The van der Waals surface area contributed by atoms with E-state index in [2.05, 4.69) is 20.9 Å². The Hall–Kier alpha value is -0.420. The quantitative estimate of drug-likeness (QED) is 0.786. The molecular weight excluding hydrogens is 278 g/mol. The lowest BCUT2D eigenvalue weighted by Crippen LogP contribution is -2.07. The number of halogens is 1. The van der Waals surface area contributed by atoms with Gasteiger partial charge in [-0.2, -0.15) is 0 Å². The monoisotopic (exact) mass is 291 g/mol. The molecule has 15 heavy (non-hydrogen) atoms. The van der Waals surface area contributed by atoms with E-state index in [4.69, 9.17) is 0 Å². The average molecular weight is 292 g/mol. The maximum Gasteiger partial charge on any atom is 0.178 e. The fourth-order valence-corrected chi connectivity index (χ4v) is 4.26. The number of aromatic nitrogens is 1. The molecular formula is C10H14BrNO2S. The molecule has 1 aromatic rings. The van der Waals surface area contributed by atoms with E-state index in [-0.39, 0.29) is 0 Å². The van der Waals surface area contributed by atoms with Crippen molar-refractivity contribution in [2.45, 2.75) is 32.1 Å². The zero-order valence-electron chi connectivity index (χ0n) is 9.26. The minimum atomic E-state index is -3.22. The summed E-state index contributed by atoms with van der Waals surface area (Å²) in [7, 11) is -3.22. The van der Waals surface area contributed by atoms with Crippen molar-refractivity contribution in [1.82, 2.24) is 4.98 Å². The van der Waals surface area contributed by atoms with E-state index in [0.717, 1.165) is 23.2 Å². The Morgan fingerprint density at radius 2 is 1.87 bits per heavy atom. The van der Waals surface area contributed by atoms with Crippen LogP contribution in [0.5, 0.6) is 0 Å². The molecule has 0 fully saturated rings. The molecule has 0 aliphatic carbocycles. The van der Waals surface area contributed by atoms with E-state index in [1.165, 1.54) is 6.26 Å². The van der Waals surface area contributed by atoms with Crippen LogP contribution in [0.25, 0.3) is 0 Å². The van der Waals surface area contributed by atoms with Crippen molar-refractivity contribution in [3.05, 3.63) is 21.4 Å². The first kappa shape index (κ1) is 12.6. The van der Waals surface area contributed by atoms with Crippen molar-refractivity contribution in [3.63, 3.8) is 0 Å². The Bertz CT molecular complexity index is 495. The second-order valence-corrected chi connectivity index (χ2v) is 6.25. The highest BCUT2D eigenvalue weighted by atomic mass is 79.9. The van der Waals surface area contributed by atoms with Crippen LogP contribution in [-0.2, 0) is 16.3 Å². The van der Waals surface area contributed by atoms with Gasteiger partial charge in [0.25, 0.3) is 0 Å². The van der Waals surface area contributed by atoms with Crippen LogP contribution >= 0.6 is 15.9 Å². The predicted octanol–water partition coefficient (Wildman–Crippen LogP) is 2.43. The summed E-state index contributed by atoms with van der Waals surface area (Å²) < 4.78 is 23.6. The van der Waals surface area contributed by atoms with Gasteiger partial charge in [-0.15, -0.1) is 0 Å². The molecule has 0 aliphatic rings. The third kappa shape index (κ3) is 2.39. The summed E-state index contributed by atoms with van der Waals surface area (Å²) in [6, 6.07) is 0. The molecule has 0 bridgehead atoms. The highest BCUT2D eigenvalue weighted by Crippen LogP contribution is 2.28. The molecule has 0 atom stereocenters. The van der Waals surface area contributed by atoms with Gasteiger partial charge in [-0.1, -0.05) is 6.92 Å². The third-order valence-electron chi connectivity index (χ3n) is 2.41. The SMILES string of the molecule is CCc1c(C)nc(Br)c(S(C)(=O)=O)c1C. The van der Waals surface area contributed by atoms with Gasteiger partial charge in [0.2, 0.25) is 0 Å². The van der Waals surface area contributed by atoms with Gasteiger partial charge < -0.3 is 0 Å². The molecule has 0 radical (unpaired) electrons. The van der Waals surface area contributed by atoms with Gasteiger partial charge in [0.05, 0.1) is 0 Å². The van der Waals surface area contributed by atoms with E-state index in [1.54, 1.807) is 0 Å². The summed E-state index contributed by atoms with van der Waals surface area (Å²) in [5.74, 6) is 0. The van der Waals surface area contributed by atoms with E-state index in [1.807, 2.05) is 20.8 Å². The zero-order chi connectivity index (χ0) is 11.8. The molecule has 0 aliphatic heterocycles. The largest absolute Gasteiger partial charge is 0.245 e. The first-order valence-corrected chi connectivity index (χ1v) is 7.33. The van der Waals surface area contributed by atoms with Crippen LogP contribution in [0.1, 0.15) is 23.7 Å². The van der Waals surface area contributed by atoms with Crippen molar-refractivity contribution in [1.29, 1.82) is 0 Å². The summed E-state index contributed by atoms with van der Waals surface area (Å²) in [5.41, 5.74) is 2.70. The van der Waals surface area contributed by atoms with Crippen molar-refractivity contribution in [2.75, 3.05) is 6.26 Å². The van der Waals surface area contributed by atoms with Crippen LogP contribution < -0.4 is 0 Å². The molecule has 0 N–H and O–H groups in total. The van der Waals surface area contributed by atoms with Gasteiger partial charge in [0, 0.05) is 11.9 Å². The lowest BCUT2D eigenvalue weighted by molar-refractivity contribution is 0.599. The van der Waals surface area contributed by atoms with Crippen LogP contribution in [0.15, 0.2) is 9.50 Å². The summed E-state index contributed by atoms with van der Waals surface area (Å²) in [6.07, 6.45) is 2.00. The van der Waals surface area contributed by atoms with Crippen molar-refractivity contribution < 1.29 is 8.42 Å². The molecule has 1 heterocycles. The topological polar surface area (TPSA) is 47.0 Å². The van der Waals surface area contributed by atoms with Gasteiger partial charge >= 0.3 is 0 Å². The summed E-state index contributed by atoms with van der Waals surface area (Å²) in [4.78, 5) is 4.52. The smallest absolute Gasteiger partial charge is 0.178 e. The first-order valence-electron chi connectivity index (χ1n) is 4.64. The average Bonchev–Trinajstić information content (AvgIpc) is 2.00. The maximum atomic E-state index is 11.6. The first-order chi connectivity index (χ1) is 6.79. The Balaban J connectivity index is 3.68. The highest BCUT2D eigenvalue weighted by molar-refractivity contribution is 9.10. The van der Waals surface area contributed by atoms with Crippen molar-refractivity contribution in [2.24, 2.45) is 0 Å². The number of aryl methyl sites for hydroxylation is 1. The van der Waals surface area contributed by atoms with Gasteiger partial charge in [-0.3, -0.25) is 0 Å². The molecule has 0 saturated heterocycles. The number of hydrogen-bond acceptors (Lipinski definition) is 3. The minimum absolute atomic E-state index is 0.310. The van der Waals surface area contributed by atoms with Gasteiger partial charge in [-0.05, 0) is 47.3 Å². The Morgan fingerprint density at radius 1 is 1.33 bits per heavy atom. The third-order valence-corrected chi connectivity index (χ3v) is 4.48. The Labute approximate surface area is 99.0 Å². The maximum absolute atomic E-state index is 11.6. The fraction of sp³-hybridized carbons (Fsp3) is 0.500. The molecule has 0 spiro atoms. The minimum Gasteiger partial charge on any atom is -0.245 e. The zero-order valence-corrected chi connectivity index (χ0v) is 11.7. The van der Waals surface area contributed by atoms with Gasteiger partial charge in [0.1, 0.15) is 9.50 Å². The van der Waals surface area contributed by atoms with Crippen molar-refractivity contribution in [3.8, 4) is 0 Å². The second-order valence-electron chi connectivity index (χ2n) is 3.55. The number of pyridine rings is 1. The Kier molecular flexibility index (Phi) is 3.55. The van der Waals surface area contributed by atoms with E-state index in [9.17, 15) is 8.42 Å². The normalized spacial score (nSPS) is 11.8. The fourth-order valence-electron chi connectivity index (χ4n) is 1.78. The molecule has 84 valence electrons. The molecule has 0 amide bonds. The number of nitrogens with zero attached hydrogens (tertiary/aromatic N) is 1. The molecule has 3 nitrogen and oxygen atoms in total. The molecule has 0 saturated carbocycles. The van der Waals surface area contributed by atoms with Crippen molar-refractivity contribution >= 4 is 25.8 Å². The lowest BCUT2D eigenvalue weighted by Gasteiger charge is -2.12. The summed E-state index contributed by atoms with van der Waals surface area (Å²) >= 11 is 3.21. The van der Waals surface area contributed by atoms with Gasteiger partial charge in [0.15, 0.2) is 9.84 Å². The molecule has 0 aromatic carbocycles.